The molecule has 0 aromatic heterocycles. The Morgan fingerprint density at radius 2 is 1.13 bits per heavy atom. The highest BCUT2D eigenvalue weighted by Crippen LogP contribution is 2.40. The minimum atomic E-state index is 0.834. The highest BCUT2D eigenvalue weighted by molar-refractivity contribution is 5.93. The summed E-state index contributed by atoms with van der Waals surface area (Å²) in [5.41, 5.74) is 17.5. The molecule has 0 fully saturated rings. The maximum absolute atomic E-state index is 6.55. The topological polar surface area (TPSA) is 26.0 Å². The first kappa shape index (κ1) is 20.0. The Bertz CT molecular complexity index is 1110. The second-order valence-corrected chi connectivity index (χ2v) is 8.14. The van der Waals surface area contributed by atoms with Crippen LogP contribution in [0.25, 0.3) is 22.3 Å². The molecule has 30 heavy (non-hydrogen) atoms. The molecule has 0 aliphatic heterocycles. The lowest BCUT2D eigenvalue weighted by molar-refractivity contribution is 0.822. The molecule has 4 aromatic carbocycles. The van der Waals surface area contributed by atoms with Gasteiger partial charge in [-0.3, -0.25) is 0 Å². The first-order valence-corrected chi connectivity index (χ1v) is 10.7. The molecule has 4 aromatic rings. The average Bonchev–Trinajstić information content (AvgIpc) is 2.77. The van der Waals surface area contributed by atoms with Gasteiger partial charge in [-0.25, -0.2) is 0 Å². The summed E-state index contributed by atoms with van der Waals surface area (Å²) in [6, 6.07) is 32.5. The van der Waals surface area contributed by atoms with Crippen molar-refractivity contribution in [2.45, 2.75) is 33.1 Å². The lowest BCUT2D eigenvalue weighted by Crippen LogP contribution is -2.00. The summed E-state index contributed by atoms with van der Waals surface area (Å²) < 4.78 is 0. The van der Waals surface area contributed by atoms with Gasteiger partial charge in [-0.2, -0.15) is 0 Å². The van der Waals surface area contributed by atoms with Crippen molar-refractivity contribution in [3.05, 3.63) is 113 Å². The van der Waals surface area contributed by atoms with Crippen LogP contribution >= 0.6 is 0 Å². The van der Waals surface area contributed by atoms with E-state index in [9.17, 15) is 0 Å². The van der Waals surface area contributed by atoms with E-state index in [0.717, 1.165) is 30.5 Å². The van der Waals surface area contributed by atoms with E-state index in [4.69, 9.17) is 5.73 Å². The Balaban J connectivity index is 1.76. The maximum atomic E-state index is 6.55. The standard InChI is InChI=1S/C29H29N/c1-21-11-15-25(16-12-21)28-24(10-6-9-23-7-4-3-5-8-23)19-20-27(30)29(28)26-17-13-22(2)14-18-26/h3-5,7-8,11-20H,6,9-10,30H2,1-2H3. The van der Waals surface area contributed by atoms with Crippen LogP contribution < -0.4 is 5.73 Å². The van der Waals surface area contributed by atoms with Crippen LogP contribution in [0.15, 0.2) is 91.0 Å². The van der Waals surface area contributed by atoms with Gasteiger partial charge in [-0.15, -0.1) is 0 Å². The molecule has 1 heteroatoms. The number of hydrogen-bond donors (Lipinski definition) is 1. The number of aryl methyl sites for hydroxylation is 4. The third-order valence-corrected chi connectivity index (χ3v) is 5.76. The molecule has 150 valence electrons. The fourth-order valence-corrected chi connectivity index (χ4v) is 4.08. The van der Waals surface area contributed by atoms with Crippen LogP contribution in [0.3, 0.4) is 0 Å². The van der Waals surface area contributed by atoms with Crippen molar-refractivity contribution >= 4 is 5.69 Å². The molecule has 0 aliphatic carbocycles. The number of benzene rings is 4. The Kier molecular flexibility index (Phi) is 5.99. The molecule has 0 amide bonds. The van der Waals surface area contributed by atoms with Gasteiger partial charge >= 0.3 is 0 Å². The minimum Gasteiger partial charge on any atom is -0.398 e. The lowest BCUT2D eigenvalue weighted by Gasteiger charge is -2.19. The molecule has 1 nitrogen and oxygen atoms in total. The molecule has 0 aliphatic rings. The molecule has 0 saturated carbocycles. The second-order valence-electron chi connectivity index (χ2n) is 8.14. The quantitative estimate of drug-likeness (QED) is 0.341. The summed E-state index contributed by atoms with van der Waals surface area (Å²) in [5, 5.41) is 0. The molecular weight excluding hydrogens is 362 g/mol. The van der Waals surface area contributed by atoms with E-state index in [-0.39, 0.29) is 0 Å². The van der Waals surface area contributed by atoms with Crippen molar-refractivity contribution in [2.75, 3.05) is 5.73 Å². The fraction of sp³-hybridized carbons (Fsp3) is 0.172. The molecule has 0 heterocycles. The number of hydrogen-bond acceptors (Lipinski definition) is 1. The predicted molar refractivity (Wildman–Crippen MR) is 130 cm³/mol. The van der Waals surface area contributed by atoms with Crippen LogP contribution in [0, 0.1) is 13.8 Å². The van der Waals surface area contributed by atoms with E-state index in [1.807, 2.05) is 0 Å². The first-order chi connectivity index (χ1) is 14.6. The van der Waals surface area contributed by atoms with Crippen LogP contribution in [0.2, 0.25) is 0 Å². The SMILES string of the molecule is Cc1ccc(-c2c(N)ccc(CCCc3ccccc3)c2-c2ccc(C)cc2)cc1. The van der Waals surface area contributed by atoms with E-state index >= 15 is 0 Å². The highest BCUT2D eigenvalue weighted by atomic mass is 14.6. The van der Waals surface area contributed by atoms with Crippen LogP contribution in [-0.4, -0.2) is 0 Å². The van der Waals surface area contributed by atoms with Crippen molar-refractivity contribution in [1.82, 2.24) is 0 Å². The predicted octanol–water partition coefficient (Wildman–Crippen LogP) is 7.39. The van der Waals surface area contributed by atoms with Crippen molar-refractivity contribution in [2.24, 2.45) is 0 Å². The van der Waals surface area contributed by atoms with Gasteiger partial charge < -0.3 is 5.73 Å². The Morgan fingerprint density at radius 1 is 0.567 bits per heavy atom. The average molecular weight is 392 g/mol. The molecule has 0 atom stereocenters. The van der Waals surface area contributed by atoms with Gasteiger partial charge in [0.15, 0.2) is 0 Å². The third-order valence-electron chi connectivity index (χ3n) is 5.76. The summed E-state index contributed by atoms with van der Waals surface area (Å²) in [7, 11) is 0. The van der Waals surface area contributed by atoms with Crippen LogP contribution in [0.1, 0.15) is 28.7 Å². The van der Waals surface area contributed by atoms with E-state index in [1.165, 1.54) is 38.9 Å². The smallest absolute Gasteiger partial charge is 0.0400 e. The summed E-state index contributed by atoms with van der Waals surface area (Å²) in [5.74, 6) is 0. The maximum Gasteiger partial charge on any atom is 0.0400 e. The molecule has 0 spiro atoms. The Hall–Kier alpha value is -3.32. The molecule has 0 unspecified atom stereocenters. The normalized spacial score (nSPS) is 10.9. The van der Waals surface area contributed by atoms with Gasteiger partial charge in [0, 0.05) is 11.3 Å². The number of nitrogen functional groups attached to an aromatic ring is 1. The second kappa shape index (κ2) is 9.00. The molecule has 2 N–H and O–H groups in total. The number of rotatable bonds is 6. The van der Waals surface area contributed by atoms with Crippen LogP contribution in [-0.2, 0) is 12.8 Å². The van der Waals surface area contributed by atoms with Gasteiger partial charge in [0.1, 0.15) is 0 Å². The van der Waals surface area contributed by atoms with Crippen LogP contribution in [0.5, 0.6) is 0 Å². The van der Waals surface area contributed by atoms with E-state index < -0.39 is 0 Å². The molecule has 4 rings (SSSR count). The van der Waals surface area contributed by atoms with Crippen molar-refractivity contribution in [3.8, 4) is 22.3 Å². The van der Waals surface area contributed by atoms with E-state index in [1.54, 1.807) is 0 Å². The molecule has 0 radical (unpaired) electrons. The lowest BCUT2D eigenvalue weighted by atomic mass is 9.87. The largest absolute Gasteiger partial charge is 0.398 e. The number of nitrogens with two attached hydrogens (primary N) is 1. The monoisotopic (exact) mass is 391 g/mol. The first-order valence-electron chi connectivity index (χ1n) is 10.7. The van der Waals surface area contributed by atoms with Crippen molar-refractivity contribution in [1.29, 1.82) is 0 Å². The van der Waals surface area contributed by atoms with Gasteiger partial charge in [0.2, 0.25) is 0 Å². The van der Waals surface area contributed by atoms with Gasteiger partial charge in [-0.05, 0) is 67.0 Å². The summed E-state index contributed by atoms with van der Waals surface area (Å²) >= 11 is 0. The van der Waals surface area contributed by atoms with Gasteiger partial charge in [-0.1, -0.05) is 96.1 Å². The highest BCUT2D eigenvalue weighted by Gasteiger charge is 2.16. The molecule has 0 bridgehead atoms. The number of anilines is 1. The molecule has 0 saturated heterocycles. The van der Waals surface area contributed by atoms with Crippen LogP contribution in [0.4, 0.5) is 5.69 Å². The molecular formula is C29H29N. The zero-order valence-electron chi connectivity index (χ0n) is 17.9. The van der Waals surface area contributed by atoms with Gasteiger partial charge in [0.25, 0.3) is 0 Å². The van der Waals surface area contributed by atoms with Crippen molar-refractivity contribution in [3.63, 3.8) is 0 Å². The zero-order chi connectivity index (χ0) is 20.9. The minimum absolute atomic E-state index is 0.834. The summed E-state index contributed by atoms with van der Waals surface area (Å²) in [6.07, 6.45) is 3.22. The van der Waals surface area contributed by atoms with E-state index in [2.05, 4.69) is 105 Å². The summed E-state index contributed by atoms with van der Waals surface area (Å²) in [4.78, 5) is 0. The Labute approximate surface area is 180 Å². The van der Waals surface area contributed by atoms with Crippen molar-refractivity contribution < 1.29 is 0 Å². The third kappa shape index (κ3) is 4.46. The van der Waals surface area contributed by atoms with Gasteiger partial charge in [0.05, 0.1) is 0 Å². The fourth-order valence-electron chi connectivity index (χ4n) is 4.08. The zero-order valence-corrected chi connectivity index (χ0v) is 17.9. The Morgan fingerprint density at radius 3 is 1.73 bits per heavy atom. The van der Waals surface area contributed by atoms with E-state index in [0.29, 0.717) is 0 Å². The summed E-state index contributed by atoms with van der Waals surface area (Å²) in [6.45, 7) is 4.25.